The van der Waals surface area contributed by atoms with Crippen LogP contribution in [-0.2, 0) is 0 Å². The zero-order valence-electron chi connectivity index (χ0n) is 11.7. The highest BCUT2D eigenvalue weighted by atomic mass is 32.1. The molecule has 102 valence electrons. The molecule has 2 rings (SSSR count). The number of rotatable bonds is 3. The van der Waals surface area contributed by atoms with Crippen molar-refractivity contribution in [2.24, 2.45) is 17.6 Å². The van der Waals surface area contributed by atoms with Crippen LogP contribution in [0.2, 0.25) is 0 Å². The summed E-state index contributed by atoms with van der Waals surface area (Å²) in [6, 6.07) is 0.0467. The number of nitrogens with zero attached hydrogens (tertiary/aromatic N) is 2. The quantitative estimate of drug-likeness (QED) is 0.912. The SMILES string of the molecule is CC(N)c1csc(N2CCCC(C(C)C)CC2)n1. The van der Waals surface area contributed by atoms with E-state index in [0.717, 1.165) is 35.8 Å². The molecular formula is C14H25N3S. The van der Waals surface area contributed by atoms with Crippen LogP contribution in [0.1, 0.15) is 51.8 Å². The number of aromatic nitrogens is 1. The second-order valence-electron chi connectivity index (χ2n) is 5.77. The molecule has 0 saturated carbocycles. The first kappa shape index (κ1) is 13.8. The fraction of sp³-hybridized carbons (Fsp3) is 0.786. The van der Waals surface area contributed by atoms with Crippen molar-refractivity contribution in [3.8, 4) is 0 Å². The highest BCUT2D eigenvalue weighted by Gasteiger charge is 2.21. The highest BCUT2D eigenvalue weighted by molar-refractivity contribution is 7.13. The fourth-order valence-corrected chi connectivity index (χ4v) is 3.59. The number of hydrogen-bond acceptors (Lipinski definition) is 4. The number of thiazole rings is 1. The molecule has 0 spiro atoms. The molecule has 1 aliphatic rings. The van der Waals surface area contributed by atoms with E-state index < -0.39 is 0 Å². The second kappa shape index (κ2) is 6.02. The summed E-state index contributed by atoms with van der Waals surface area (Å²) in [6.07, 6.45) is 3.94. The third-order valence-electron chi connectivity index (χ3n) is 3.96. The Kier molecular flexibility index (Phi) is 4.62. The van der Waals surface area contributed by atoms with Crippen LogP contribution in [0.5, 0.6) is 0 Å². The maximum absolute atomic E-state index is 5.87. The molecule has 4 heteroatoms. The van der Waals surface area contributed by atoms with Gasteiger partial charge in [-0.15, -0.1) is 11.3 Å². The minimum Gasteiger partial charge on any atom is -0.348 e. The van der Waals surface area contributed by atoms with E-state index in [0.29, 0.717) is 0 Å². The lowest BCUT2D eigenvalue weighted by atomic mass is 9.89. The van der Waals surface area contributed by atoms with E-state index in [4.69, 9.17) is 5.73 Å². The van der Waals surface area contributed by atoms with Crippen molar-refractivity contribution >= 4 is 16.5 Å². The van der Waals surface area contributed by atoms with Gasteiger partial charge in [-0.05, 0) is 38.0 Å². The number of hydrogen-bond donors (Lipinski definition) is 1. The Morgan fingerprint density at radius 2 is 2.11 bits per heavy atom. The Morgan fingerprint density at radius 3 is 2.72 bits per heavy atom. The van der Waals surface area contributed by atoms with Gasteiger partial charge in [0.2, 0.25) is 0 Å². The third kappa shape index (κ3) is 3.23. The predicted molar refractivity (Wildman–Crippen MR) is 79.1 cm³/mol. The number of nitrogens with two attached hydrogens (primary N) is 1. The third-order valence-corrected chi connectivity index (χ3v) is 4.88. The van der Waals surface area contributed by atoms with E-state index >= 15 is 0 Å². The summed E-state index contributed by atoms with van der Waals surface area (Å²) in [5.41, 5.74) is 6.90. The van der Waals surface area contributed by atoms with Gasteiger partial charge in [0.05, 0.1) is 5.69 Å². The molecule has 18 heavy (non-hydrogen) atoms. The van der Waals surface area contributed by atoms with Crippen LogP contribution < -0.4 is 10.6 Å². The maximum Gasteiger partial charge on any atom is 0.185 e. The summed E-state index contributed by atoms with van der Waals surface area (Å²) >= 11 is 1.74. The van der Waals surface area contributed by atoms with Crippen molar-refractivity contribution in [2.75, 3.05) is 18.0 Å². The van der Waals surface area contributed by atoms with Crippen molar-refractivity contribution < 1.29 is 0 Å². The van der Waals surface area contributed by atoms with Crippen LogP contribution in [0.3, 0.4) is 0 Å². The lowest BCUT2D eigenvalue weighted by Crippen LogP contribution is -2.24. The van der Waals surface area contributed by atoms with E-state index in [1.54, 1.807) is 11.3 Å². The molecule has 2 N–H and O–H groups in total. The molecule has 2 atom stereocenters. The van der Waals surface area contributed by atoms with Crippen molar-refractivity contribution in [1.29, 1.82) is 0 Å². The smallest absolute Gasteiger partial charge is 0.185 e. The molecule has 1 aliphatic heterocycles. The maximum atomic E-state index is 5.87. The van der Waals surface area contributed by atoms with Gasteiger partial charge in [0.15, 0.2) is 5.13 Å². The van der Waals surface area contributed by atoms with Crippen molar-refractivity contribution in [3.05, 3.63) is 11.1 Å². The van der Waals surface area contributed by atoms with Crippen LogP contribution in [0, 0.1) is 11.8 Å². The normalized spacial score (nSPS) is 23.2. The van der Waals surface area contributed by atoms with Gasteiger partial charge in [0, 0.05) is 24.5 Å². The summed E-state index contributed by atoms with van der Waals surface area (Å²) in [7, 11) is 0. The van der Waals surface area contributed by atoms with Crippen molar-refractivity contribution in [3.63, 3.8) is 0 Å². The zero-order chi connectivity index (χ0) is 13.1. The molecule has 0 bridgehead atoms. The average Bonchev–Trinajstić information content (AvgIpc) is 2.67. The largest absolute Gasteiger partial charge is 0.348 e. The average molecular weight is 267 g/mol. The topological polar surface area (TPSA) is 42.1 Å². The summed E-state index contributed by atoms with van der Waals surface area (Å²) in [4.78, 5) is 7.11. The van der Waals surface area contributed by atoms with Gasteiger partial charge in [0.1, 0.15) is 0 Å². The molecule has 1 saturated heterocycles. The van der Waals surface area contributed by atoms with Crippen LogP contribution in [0.4, 0.5) is 5.13 Å². The van der Waals surface area contributed by atoms with Crippen LogP contribution in [0.25, 0.3) is 0 Å². The van der Waals surface area contributed by atoms with E-state index in [1.807, 2.05) is 6.92 Å². The summed E-state index contributed by atoms with van der Waals surface area (Å²) < 4.78 is 0. The molecule has 1 aromatic rings. The van der Waals surface area contributed by atoms with E-state index in [9.17, 15) is 0 Å². The first-order valence-corrected chi connectivity index (χ1v) is 7.92. The van der Waals surface area contributed by atoms with Gasteiger partial charge in [0.25, 0.3) is 0 Å². The van der Waals surface area contributed by atoms with Gasteiger partial charge in [-0.2, -0.15) is 0 Å². The summed E-state index contributed by atoms with van der Waals surface area (Å²) in [6.45, 7) is 8.98. The first-order valence-electron chi connectivity index (χ1n) is 7.04. The molecular weight excluding hydrogens is 242 g/mol. The van der Waals surface area contributed by atoms with Gasteiger partial charge < -0.3 is 10.6 Å². The Bertz CT molecular complexity index is 373. The molecule has 1 aromatic heterocycles. The first-order chi connectivity index (χ1) is 8.58. The minimum absolute atomic E-state index is 0.0467. The van der Waals surface area contributed by atoms with Gasteiger partial charge in [-0.1, -0.05) is 13.8 Å². The monoisotopic (exact) mass is 267 g/mol. The second-order valence-corrected chi connectivity index (χ2v) is 6.60. The molecule has 2 unspecified atom stereocenters. The lowest BCUT2D eigenvalue weighted by Gasteiger charge is -2.20. The summed E-state index contributed by atoms with van der Waals surface area (Å²) in [5.74, 6) is 1.68. The van der Waals surface area contributed by atoms with Gasteiger partial charge >= 0.3 is 0 Å². The van der Waals surface area contributed by atoms with E-state index in [-0.39, 0.29) is 6.04 Å². The van der Waals surface area contributed by atoms with Crippen LogP contribution in [0.15, 0.2) is 5.38 Å². The van der Waals surface area contributed by atoms with Crippen molar-refractivity contribution in [2.45, 2.75) is 46.1 Å². The van der Waals surface area contributed by atoms with E-state index in [1.165, 1.54) is 19.3 Å². The highest BCUT2D eigenvalue weighted by Crippen LogP contribution is 2.29. The predicted octanol–water partition coefficient (Wildman–Crippen LogP) is 3.43. The van der Waals surface area contributed by atoms with Gasteiger partial charge in [-0.3, -0.25) is 0 Å². The number of anilines is 1. The van der Waals surface area contributed by atoms with Gasteiger partial charge in [-0.25, -0.2) is 4.98 Å². The fourth-order valence-electron chi connectivity index (χ4n) is 2.61. The standard InChI is InChI=1S/C14H25N3S/c1-10(2)12-5-4-7-17(8-6-12)14-16-13(9-18-14)11(3)15/h9-12H,4-8,15H2,1-3H3. The molecule has 1 fully saturated rings. The van der Waals surface area contributed by atoms with Crippen LogP contribution >= 0.6 is 11.3 Å². The molecule has 3 nitrogen and oxygen atoms in total. The van der Waals surface area contributed by atoms with E-state index in [2.05, 4.69) is 29.1 Å². The molecule has 2 heterocycles. The Balaban J connectivity index is 2.00. The lowest BCUT2D eigenvalue weighted by molar-refractivity contribution is 0.351. The molecule has 0 amide bonds. The Morgan fingerprint density at radius 1 is 1.33 bits per heavy atom. The zero-order valence-corrected chi connectivity index (χ0v) is 12.5. The molecule has 0 aromatic carbocycles. The Hall–Kier alpha value is -0.610. The minimum atomic E-state index is 0.0467. The molecule has 0 aliphatic carbocycles. The Labute approximate surface area is 114 Å². The van der Waals surface area contributed by atoms with Crippen LogP contribution in [-0.4, -0.2) is 18.1 Å². The molecule has 0 radical (unpaired) electrons. The van der Waals surface area contributed by atoms with Crippen molar-refractivity contribution in [1.82, 2.24) is 4.98 Å². The summed E-state index contributed by atoms with van der Waals surface area (Å²) in [5, 5.41) is 3.26.